The minimum absolute atomic E-state index is 0.0775. The molecule has 1 rings (SSSR count). The van der Waals surface area contributed by atoms with Crippen LogP contribution in [0.5, 0.6) is 5.75 Å². The predicted octanol–water partition coefficient (Wildman–Crippen LogP) is 1.69. The number of hydrogen-bond acceptors (Lipinski definition) is 3. The molecule has 0 saturated heterocycles. The lowest BCUT2D eigenvalue weighted by Gasteiger charge is -2.31. The van der Waals surface area contributed by atoms with Crippen LogP contribution >= 0.6 is 0 Å². The highest BCUT2D eigenvalue weighted by Gasteiger charge is 2.27. The zero-order valence-corrected chi connectivity index (χ0v) is 9.87. The van der Waals surface area contributed by atoms with Crippen LogP contribution in [0.4, 0.5) is 0 Å². The van der Waals surface area contributed by atoms with Gasteiger partial charge >= 0.3 is 0 Å². The molecule has 0 bridgehead atoms. The van der Waals surface area contributed by atoms with Gasteiger partial charge < -0.3 is 15.8 Å². The van der Waals surface area contributed by atoms with Crippen molar-refractivity contribution in [3.8, 4) is 5.75 Å². The molecule has 0 aliphatic rings. The lowest BCUT2D eigenvalue weighted by molar-refractivity contribution is 0.346. The Morgan fingerprint density at radius 2 is 1.93 bits per heavy atom. The van der Waals surface area contributed by atoms with Crippen molar-refractivity contribution in [2.45, 2.75) is 25.4 Å². The zero-order chi connectivity index (χ0) is 11.5. The third-order valence-electron chi connectivity index (χ3n) is 2.48. The normalized spacial score (nSPS) is 13.7. The van der Waals surface area contributed by atoms with Crippen LogP contribution in [0.1, 0.15) is 25.5 Å². The Bertz CT molecular complexity index is 318. The molecule has 15 heavy (non-hydrogen) atoms. The first-order chi connectivity index (χ1) is 7.00. The maximum absolute atomic E-state index is 6.13. The van der Waals surface area contributed by atoms with Gasteiger partial charge in [0.1, 0.15) is 5.75 Å². The Balaban J connectivity index is 3.12. The van der Waals surface area contributed by atoms with Crippen molar-refractivity contribution in [1.82, 2.24) is 5.32 Å². The second-order valence-corrected chi connectivity index (χ2v) is 4.29. The number of likely N-dealkylation sites (N-methyl/N-ethyl adjacent to an activating group) is 1. The number of para-hydroxylation sites is 1. The van der Waals surface area contributed by atoms with Gasteiger partial charge in [0.15, 0.2) is 0 Å². The van der Waals surface area contributed by atoms with E-state index in [4.69, 9.17) is 10.5 Å². The van der Waals surface area contributed by atoms with Crippen LogP contribution in [0, 0.1) is 0 Å². The van der Waals surface area contributed by atoms with Gasteiger partial charge in [0.25, 0.3) is 0 Å². The SMILES string of the molecule is CNC(c1ccccc1OC)C(C)(C)N. The van der Waals surface area contributed by atoms with Gasteiger partial charge in [-0.15, -0.1) is 0 Å². The number of benzene rings is 1. The minimum atomic E-state index is -0.330. The van der Waals surface area contributed by atoms with Gasteiger partial charge in [0.05, 0.1) is 13.2 Å². The molecule has 1 aromatic carbocycles. The van der Waals surface area contributed by atoms with Crippen LogP contribution in [0.15, 0.2) is 24.3 Å². The Labute approximate surface area is 91.6 Å². The van der Waals surface area contributed by atoms with Gasteiger partial charge in [0.2, 0.25) is 0 Å². The van der Waals surface area contributed by atoms with Crippen molar-refractivity contribution in [2.24, 2.45) is 5.73 Å². The van der Waals surface area contributed by atoms with E-state index in [1.54, 1.807) is 7.11 Å². The summed E-state index contributed by atoms with van der Waals surface area (Å²) < 4.78 is 5.33. The fourth-order valence-electron chi connectivity index (χ4n) is 1.83. The summed E-state index contributed by atoms with van der Waals surface area (Å²) in [7, 11) is 3.58. The molecule has 3 heteroatoms. The number of rotatable bonds is 4. The number of ether oxygens (including phenoxy) is 1. The summed E-state index contributed by atoms with van der Waals surface area (Å²) in [6.07, 6.45) is 0. The largest absolute Gasteiger partial charge is 0.496 e. The number of nitrogens with one attached hydrogen (secondary N) is 1. The molecule has 0 aliphatic heterocycles. The maximum atomic E-state index is 6.13. The molecule has 0 amide bonds. The van der Waals surface area contributed by atoms with E-state index in [0.717, 1.165) is 11.3 Å². The standard InChI is InChI=1S/C12H20N2O/c1-12(2,13)11(14-3)9-7-5-6-8-10(9)15-4/h5-8,11,14H,13H2,1-4H3. The molecular formula is C12H20N2O. The molecule has 0 heterocycles. The Hall–Kier alpha value is -1.06. The molecule has 3 nitrogen and oxygen atoms in total. The smallest absolute Gasteiger partial charge is 0.123 e. The molecule has 0 fully saturated rings. The van der Waals surface area contributed by atoms with Crippen molar-refractivity contribution >= 4 is 0 Å². The first kappa shape index (κ1) is 12.0. The first-order valence-electron chi connectivity index (χ1n) is 5.09. The van der Waals surface area contributed by atoms with E-state index in [1.807, 2.05) is 45.2 Å². The van der Waals surface area contributed by atoms with Crippen molar-refractivity contribution < 1.29 is 4.74 Å². The maximum Gasteiger partial charge on any atom is 0.123 e. The van der Waals surface area contributed by atoms with Gasteiger partial charge in [0, 0.05) is 11.1 Å². The highest BCUT2D eigenvalue weighted by Crippen LogP contribution is 2.30. The van der Waals surface area contributed by atoms with E-state index >= 15 is 0 Å². The lowest BCUT2D eigenvalue weighted by atomic mass is 9.89. The van der Waals surface area contributed by atoms with Crippen LogP contribution in [-0.2, 0) is 0 Å². The second-order valence-electron chi connectivity index (χ2n) is 4.29. The van der Waals surface area contributed by atoms with Crippen molar-refractivity contribution in [3.63, 3.8) is 0 Å². The molecule has 84 valence electrons. The lowest BCUT2D eigenvalue weighted by Crippen LogP contribution is -2.45. The fourth-order valence-corrected chi connectivity index (χ4v) is 1.83. The van der Waals surface area contributed by atoms with Crippen LogP contribution in [-0.4, -0.2) is 19.7 Å². The summed E-state index contributed by atoms with van der Waals surface area (Å²) >= 11 is 0. The van der Waals surface area contributed by atoms with Gasteiger partial charge in [-0.05, 0) is 27.0 Å². The summed E-state index contributed by atoms with van der Waals surface area (Å²) in [6, 6.07) is 8.01. The van der Waals surface area contributed by atoms with Gasteiger partial charge in [-0.2, -0.15) is 0 Å². The number of nitrogens with two attached hydrogens (primary N) is 1. The summed E-state index contributed by atoms with van der Waals surface area (Å²) in [5.41, 5.74) is 6.89. The minimum Gasteiger partial charge on any atom is -0.496 e. The van der Waals surface area contributed by atoms with Crippen LogP contribution in [0.2, 0.25) is 0 Å². The number of methoxy groups -OCH3 is 1. The molecule has 0 saturated carbocycles. The van der Waals surface area contributed by atoms with E-state index in [0.29, 0.717) is 0 Å². The molecular weight excluding hydrogens is 188 g/mol. The van der Waals surface area contributed by atoms with E-state index in [-0.39, 0.29) is 11.6 Å². The molecule has 1 unspecified atom stereocenters. The summed E-state index contributed by atoms with van der Waals surface area (Å²) in [6.45, 7) is 4.00. The highest BCUT2D eigenvalue weighted by atomic mass is 16.5. The highest BCUT2D eigenvalue weighted by molar-refractivity contribution is 5.37. The van der Waals surface area contributed by atoms with Crippen molar-refractivity contribution in [1.29, 1.82) is 0 Å². The third kappa shape index (κ3) is 2.70. The average Bonchev–Trinajstić information content (AvgIpc) is 2.17. The Kier molecular flexibility index (Phi) is 3.72. The van der Waals surface area contributed by atoms with E-state index in [9.17, 15) is 0 Å². The summed E-state index contributed by atoms with van der Waals surface area (Å²) in [5, 5.41) is 3.23. The molecule has 3 N–H and O–H groups in total. The predicted molar refractivity (Wildman–Crippen MR) is 63.1 cm³/mol. The van der Waals surface area contributed by atoms with Crippen LogP contribution in [0.25, 0.3) is 0 Å². The van der Waals surface area contributed by atoms with Gasteiger partial charge in [-0.3, -0.25) is 0 Å². The zero-order valence-electron chi connectivity index (χ0n) is 9.87. The average molecular weight is 208 g/mol. The summed E-state index contributed by atoms with van der Waals surface area (Å²) in [4.78, 5) is 0. The summed E-state index contributed by atoms with van der Waals surface area (Å²) in [5.74, 6) is 0.871. The molecule has 0 aromatic heterocycles. The number of hydrogen-bond donors (Lipinski definition) is 2. The van der Waals surface area contributed by atoms with Crippen LogP contribution < -0.4 is 15.8 Å². The topological polar surface area (TPSA) is 47.3 Å². The molecule has 0 radical (unpaired) electrons. The van der Waals surface area contributed by atoms with Gasteiger partial charge in [-0.25, -0.2) is 0 Å². The molecule has 0 aliphatic carbocycles. The Morgan fingerprint density at radius 1 is 1.33 bits per heavy atom. The van der Waals surface area contributed by atoms with E-state index in [1.165, 1.54) is 0 Å². The Morgan fingerprint density at radius 3 is 2.40 bits per heavy atom. The molecule has 1 atom stereocenters. The van der Waals surface area contributed by atoms with Crippen molar-refractivity contribution in [3.05, 3.63) is 29.8 Å². The van der Waals surface area contributed by atoms with Crippen molar-refractivity contribution in [2.75, 3.05) is 14.2 Å². The fraction of sp³-hybridized carbons (Fsp3) is 0.500. The molecule has 1 aromatic rings. The quantitative estimate of drug-likeness (QED) is 0.791. The first-order valence-corrected chi connectivity index (χ1v) is 5.09. The van der Waals surface area contributed by atoms with Gasteiger partial charge in [-0.1, -0.05) is 18.2 Å². The van der Waals surface area contributed by atoms with E-state index in [2.05, 4.69) is 5.32 Å². The molecule has 0 spiro atoms. The monoisotopic (exact) mass is 208 g/mol. The third-order valence-corrected chi connectivity index (χ3v) is 2.48. The van der Waals surface area contributed by atoms with Crippen LogP contribution in [0.3, 0.4) is 0 Å². The van der Waals surface area contributed by atoms with E-state index < -0.39 is 0 Å². The second kappa shape index (κ2) is 4.64.